The lowest BCUT2D eigenvalue weighted by Crippen LogP contribution is -2.47. The fraction of sp³-hybridized carbons (Fsp3) is 0.417. The molecule has 2 aromatic carbocycles. The molecule has 0 fully saturated rings. The first-order chi connectivity index (χ1) is 14.7. The molecule has 0 heterocycles. The van der Waals surface area contributed by atoms with E-state index in [1.165, 1.54) is 13.8 Å². The van der Waals surface area contributed by atoms with Crippen molar-refractivity contribution in [2.24, 2.45) is 0 Å². The molecule has 1 N–H and O–H groups in total. The van der Waals surface area contributed by atoms with Crippen molar-refractivity contribution in [2.45, 2.75) is 58.2 Å². The predicted octanol–water partition coefficient (Wildman–Crippen LogP) is 3.54. The Balaban J connectivity index is 1.87. The largest absolute Gasteiger partial charge is 0.546 e. The van der Waals surface area contributed by atoms with E-state index in [0.717, 1.165) is 18.4 Å². The van der Waals surface area contributed by atoms with Gasteiger partial charge in [-0.15, -0.1) is 0 Å². The van der Waals surface area contributed by atoms with Crippen LogP contribution in [0.3, 0.4) is 0 Å². The van der Waals surface area contributed by atoms with Crippen LogP contribution in [-0.4, -0.2) is 30.1 Å². The lowest BCUT2D eigenvalue weighted by Gasteiger charge is -2.27. The standard InChI is InChI=1S/C24H30ClNO5/c1-4-5-6-21(30-19-13-9-18(25)10-14-19)22(27)26-16-15-17-7-11-20(12-8-17)31-24(2,3)23(28)29/h7-14,21H,4-6,15-16H2,1-3H3,(H,26,27)(H,28,29)/p-1. The number of carboxylic acids is 1. The summed E-state index contributed by atoms with van der Waals surface area (Å²) in [6.45, 7) is 5.40. The molecule has 0 aliphatic carbocycles. The molecule has 1 unspecified atom stereocenters. The van der Waals surface area contributed by atoms with Gasteiger partial charge in [0, 0.05) is 11.6 Å². The van der Waals surface area contributed by atoms with Gasteiger partial charge in [-0.25, -0.2) is 0 Å². The molecule has 2 rings (SSSR count). The number of ether oxygens (including phenoxy) is 2. The average Bonchev–Trinajstić information content (AvgIpc) is 2.73. The molecule has 1 atom stereocenters. The number of unbranched alkanes of at least 4 members (excludes halogenated alkanes) is 1. The van der Waals surface area contributed by atoms with E-state index in [4.69, 9.17) is 21.1 Å². The maximum absolute atomic E-state index is 12.6. The van der Waals surface area contributed by atoms with Gasteiger partial charge >= 0.3 is 0 Å². The van der Waals surface area contributed by atoms with Gasteiger partial charge in [-0.05, 0) is 75.1 Å². The molecule has 0 spiro atoms. The van der Waals surface area contributed by atoms with Crippen LogP contribution in [-0.2, 0) is 16.0 Å². The summed E-state index contributed by atoms with van der Waals surface area (Å²) < 4.78 is 11.3. The molecular formula is C24H29ClNO5-. The Morgan fingerprint density at radius 1 is 1.06 bits per heavy atom. The summed E-state index contributed by atoms with van der Waals surface area (Å²) in [6, 6.07) is 14.0. The van der Waals surface area contributed by atoms with Gasteiger partial charge in [0.1, 0.15) is 17.1 Å². The summed E-state index contributed by atoms with van der Waals surface area (Å²) in [5, 5.41) is 14.6. The summed E-state index contributed by atoms with van der Waals surface area (Å²) in [6.07, 6.45) is 2.54. The van der Waals surface area contributed by atoms with E-state index in [9.17, 15) is 14.7 Å². The number of aliphatic carboxylic acids is 1. The molecule has 168 valence electrons. The van der Waals surface area contributed by atoms with E-state index in [1.807, 2.05) is 12.1 Å². The van der Waals surface area contributed by atoms with E-state index in [2.05, 4.69) is 12.2 Å². The zero-order chi connectivity index (χ0) is 22.9. The first kappa shape index (κ1) is 24.5. The number of nitrogens with one attached hydrogen (secondary N) is 1. The maximum Gasteiger partial charge on any atom is 0.261 e. The molecule has 0 aliphatic heterocycles. The molecule has 0 radical (unpaired) electrons. The maximum atomic E-state index is 12.6. The van der Waals surface area contributed by atoms with Gasteiger partial charge in [-0.3, -0.25) is 4.79 Å². The molecule has 31 heavy (non-hydrogen) atoms. The Morgan fingerprint density at radius 2 is 1.68 bits per heavy atom. The quantitative estimate of drug-likeness (QED) is 0.538. The topological polar surface area (TPSA) is 87.7 Å². The van der Waals surface area contributed by atoms with Crippen molar-refractivity contribution in [1.82, 2.24) is 5.32 Å². The third-order valence-electron chi connectivity index (χ3n) is 4.71. The second-order valence-electron chi connectivity index (χ2n) is 7.79. The van der Waals surface area contributed by atoms with Gasteiger partial charge in [0.05, 0.1) is 5.97 Å². The minimum atomic E-state index is -1.41. The van der Waals surface area contributed by atoms with Crippen LogP contribution in [0.2, 0.25) is 5.02 Å². The number of halogens is 1. The van der Waals surface area contributed by atoms with Crippen molar-refractivity contribution < 1.29 is 24.2 Å². The number of carbonyl (C=O) groups is 2. The number of amides is 1. The van der Waals surface area contributed by atoms with Crippen LogP contribution in [0.4, 0.5) is 0 Å². The van der Waals surface area contributed by atoms with Gasteiger partial charge in [0.25, 0.3) is 5.91 Å². The second-order valence-corrected chi connectivity index (χ2v) is 8.22. The average molecular weight is 447 g/mol. The Kier molecular flexibility index (Phi) is 9.19. The highest BCUT2D eigenvalue weighted by molar-refractivity contribution is 6.30. The summed E-state index contributed by atoms with van der Waals surface area (Å²) in [4.78, 5) is 23.7. The molecule has 0 saturated carbocycles. The molecule has 2 aromatic rings. The van der Waals surface area contributed by atoms with Crippen molar-refractivity contribution in [1.29, 1.82) is 0 Å². The van der Waals surface area contributed by atoms with E-state index >= 15 is 0 Å². The predicted molar refractivity (Wildman–Crippen MR) is 118 cm³/mol. The van der Waals surface area contributed by atoms with Gasteiger partial charge in [0.15, 0.2) is 6.10 Å². The van der Waals surface area contributed by atoms with E-state index in [1.54, 1.807) is 36.4 Å². The number of carboxylic acid groups (broad SMARTS) is 1. The number of carbonyl (C=O) groups excluding carboxylic acids is 2. The zero-order valence-electron chi connectivity index (χ0n) is 18.2. The highest BCUT2D eigenvalue weighted by Gasteiger charge is 2.21. The van der Waals surface area contributed by atoms with Crippen molar-refractivity contribution in [2.75, 3.05) is 6.54 Å². The van der Waals surface area contributed by atoms with Crippen molar-refractivity contribution >= 4 is 23.5 Å². The Hall–Kier alpha value is -2.73. The lowest BCUT2D eigenvalue weighted by atomic mass is 10.1. The number of hydrogen-bond acceptors (Lipinski definition) is 5. The molecule has 7 heteroatoms. The van der Waals surface area contributed by atoms with Crippen LogP contribution in [0, 0.1) is 0 Å². The highest BCUT2D eigenvalue weighted by atomic mass is 35.5. The van der Waals surface area contributed by atoms with E-state index in [-0.39, 0.29) is 5.91 Å². The normalized spacial score (nSPS) is 12.1. The first-order valence-corrected chi connectivity index (χ1v) is 10.8. The molecule has 0 bridgehead atoms. The summed E-state index contributed by atoms with van der Waals surface area (Å²) in [5.74, 6) is -0.384. The van der Waals surface area contributed by atoms with Crippen LogP contribution < -0.4 is 19.9 Å². The fourth-order valence-corrected chi connectivity index (χ4v) is 2.94. The SMILES string of the molecule is CCCCC(Oc1ccc(Cl)cc1)C(=O)NCCc1ccc(OC(C)(C)C(=O)[O-])cc1. The van der Waals surface area contributed by atoms with Crippen molar-refractivity contribution in [3.8, 4) is 11.5 Å². The highest BCUT2D eigenvalue weighted by Crippen LogP contribution is 2.20. The number of rotatable bonds is 12. The van der Waals surface area contributed by atoms with Crippen molar-refractivity contribution in [3.63, 3.8) is 0 Å². The molecule has 1 amide bonds. The van der Waals surface area contributed by atoms with Gasteiger partial charge in [-0.1, -0.05) is 37.1 Å². The summed E-state index contributed by atoms with van der Waals surface area (Å²) >= 11 is 5.90. The van der Waals surface area contributed by atoms with Gasteiger partial charge in [0.2, 0.25) is 0 Å². The van der Waals surface area contributed by atoms with Crippen molar-refractivity contribution in [3.05, 3.63) is 59.1 Å². The third kappa shape index (κ3) is 8.13. The monoisotopic (exact) mass is 446 g/mol. The summed E-state index contributed by atoms with van der Waals surface area (Å²) in [5.41, 5.74) is -0.421. The zero-order valence-corrected chi connectivity index (χ0v) is 18.9. The lowest BCUT2D eigenvalue weighted by molar-refractivity contribution is -0.320. The van der Waals surface area contributed by atoms with Crippen LogP contribution >= 0.6 is 11.6 Å². The van der Waals surface area contributed by atoms with Crippen LogP contribution in [0.1, 0.15) is 45.6 Å². The summed E-state index contributed by atoms with van der Waals surface area (Å²) in [7, 11) is 0. The first-order valence-electron chi connectivity index (χ1n) is 10.4. The van der Waals surface area contributed by atoms with Crippen LogP contribution in [0.25, 0.3) is 0 Å². The molecular weight excluding hydrogens is 418 g/mol. The molecule has 0 saturated heterocycles. The molecule has 6 nitrogen and oxygen atoms in total. The van der Waals surface area contributed by atoms with Crippen LogP contribution in [0.15, 0.2) is 48.5 Å². The fourth-order valence-electron chi connectivity index (χ4n) is 2.81. The number of benzene rings is 2. The number of hydrogen-bond donors (Lipinski definition) is 1. The second kappa shape index (κ2) is 11.6. The van der Waals surface area contributed by atoms with E-state index in [0.29, 0.717) is 35.9 Å². The Morgan fingerprint density at radius 3 is 2.26 bits per heavy atom. The Bertz CT molecular complexity index is 849. The van der Waals surface area contributed by atoms with E-state index < -0.39 is 17.7 Å². The third-order valence-corrected chi connectivity index (χ3v) is 4.96. The van der Waals surface area contributed by atoms with Gasteiger partial charge in [-0.2, -0.15) is 0 Å². The minimum Gasteiger partial charge on any atom is -0.546 e. The minimum absolute atomic E-state index is 0.154. The van der Waals surface area contributed by atoms with Crippen LogP contribution in [0.5, 0.6) is 11.5 Å². The molecule has 0 aliphatic rings. The van der Waals surface area contributed by atoms with Gasteiger partial charge < -0.3 is 24.7 Å². The smallest absolute Gasteiger partial charge is 0.261 e. The molecule has 0 aromatic heterocycles. The Labute approximate surface area is 188 Å².